The van der Waals surface area contributed by atoms with Crippen LogP contribution in [0.25, 0.3) is 11.1 Å². The lowest BCUT2D eigenvalue weighted by Crippen LogP contribution is -2.20. The number of carbonyl (C=O) groups is 1. The summed E-state index contributed by atoms with van der Waals surface area (Å²) in [6.07, 6.45) is 0. The molecule has 0 aliphatic heterocycles. The number of carbonyl (C=O) groups excluding carboxylic acids is 1. The van der Waals surface area contributed by atoms with Crippen molar-refractivity contribution in [2.45, 2.75) is 0 Å². The lowest BCUT2D eigenvalue weighted by molar-refractivity contribution is -0.126. The predicted octanol–water partition coefficient (Wildman–Crippen LogP) is 3.07. The van der Waals surface area contributed by atoms with Gasteiger partial charge in [-0.25, -0.2) is 4.79 Å². The van der Waals surface area contributed by atoms with Crippen molar-refractivity contribution in [1.82, 2.24) is 0 Å². The fraction of sp³-hybridized carbons (Fsp3) is 0. The minimum absolute atomic E-state index is 0.307. The van der Waals surface area contributed by atoms with Crippen LogP contribution in [0.15, 0.2) is 48.5 Å². The van der Waals surface area contributed by atoms with Crippen molar-refractivity contribution in [3.8, 4) is 11.1 Å². The standard InChI is InChI=1S/C14H9ClO5S2/c15-12-7-5-10(6-8-12)9-1-3-11(4-2-9)13(21)14(16)20-22(17,18)19/h1-8H,(H,17,18,19). The summed E-state index contributed by atoms with van der Waals surface area (Å²) in [5.41, 5.74) is 2.09. The van der Waals surface area contributed by atoms with Crippen molar-refractivity contribution in [1.29, 1.82) is 0 Å². The molecular weight excluding hydrogens is 348 g/mol. The molecular formula is C14H9ClO5S2. The fourth-order valence-electron chi connectivity index (χ4n) is 1.71. The Morgan fingerprint density at radius 1 is 1.00 bits per heavy atom. The molecule has 5 nitrogen and oxygen atoms in total. The topological polar surface area (TPSA) is 80.7 Å². The number of rotatable bonds is 4. The van der Waals surface area contributed by atoms with E-state index in [-0.39, 0.29) is 4.86 Å². The Morgan fingerprint density at radius 3 is 1.91 bits per heavy atom. The second-order valence-corrected chi connectivity index (χ2v) is 6.08. The molecule has 22 heavy (non-hydrogen) atoms. The zero-order valence-corrected chi connectivity index (χ0v) is 13.3. The van der Waals surface area contributed by atoms with E-state index in [0.29, 0.717) is 10.6 Å². The molecule has 0 spiro atoms. The molecule has 8 heteroatoms. The van der Waals surface area contributed by atoms with Gasteiger partial charge in [0.1, 0.15) is 4.86 Å². The molecule has 0 saturated carbocycles. The van der Waals surface area contributed by atoms with Crippen molar-refractivity contribution in [3.63, 3.8) is 0 Å². The highest BCUT2D eigenvalue weighted by molar-refractivity contribution is 7.83. The maximum absolute atomic E-state index is 11.4. The Labute approximate surface area is 137 Å². The third kappa shape index (κ3) is 4.35. The summed E-state index contributed by atoms with van der Waals surface area (Å²) in [5, 5.41) is 0.620. The highest BCUT2D eigenvalue weighted by Gasteiger charge is 2.19. The van der Waals surface area contributed by atoms with E-state index >= 15 is 0 Å². The molecule has 0 radical (unpaired) electrons. The van der Waals surface area contributed by atoms with Crippen LogP contribution >= 0.6 is 23.8 Å². The summed E-state index contributed by atoms with van der Waals surface area (Å²) in [6.45, 7) is 0. The normalized spacial score (nSPS) is 11.0. The first-order valence-electron chi connectivity index (χ1n) is 5.88. The molecule has 0 aliphatic rings. The molecule has 0 fully saturated rings. The third-order valence-electron chi connectivity index (χ3n) is 2.69. The molecule has 0 amide bonds. The number of hydrogen-bond donors (Lipinski definition) is 1. The zero-order chi connectivity index (χ0) is 16.3. The summed E-state index contributed by atoms with van der Waals surface area (Å²) in [7, 11) is -4.88. The summed E-state index contributed by atoms with van der Waals surface area (Å²) < 4.78 is 33.2. The van der Waals surface area contributed by atoms with Crippen LogP contribution in [0.5, 0.6) is 0 Å². The van der Waals surface area contributed by atoms with Gasteiger partial charge in [0.05, 0.1) is 0 Å². The zero-order valence-electron chi connectivity index (χ0n) is 10.9. The molecule has 0 unspecified atom stereocenters. The average molecular weight is 357 g/mol. The van der Waals surface area contributed by atoms with E-state index in [1.54, 1.807) is 36.4 Å². The second-order valence-electron chi connectivity index (χ2n) is 4.21. The van der Waals surface area contributed by atoms with Crippen molar-refractivity contribution < 1.29 is 21.9 Å². The Hall–Kier alpha value is -1.80. The van der Waals surface area contributed by atoms with Crippen molar-refractivity contribution in [2.24, 2.45) is 0 Å². The van der Waals surface area contributed by atoms with E-state index in [9.17, 15) is 13.2 Å². The van der Waals surface area contributed by atoms with Gasteiger partial charge in [0.15, 0.2) is 0 Å². The fourth-order valence-corrected chi connectivity index (χ4v) is 2.34. The quantitative estimate of drug-likeness (QED) is 0.515. The van der Waals surface area contributed by atoms with E-state index in [2.05, 4.69) is 4.18 Å². The number of benzene rings is 2. The maximum atomic E-state index is 11.4. The molecule has 0 bridgehead atoms. The molecule has 0 heterocycles. The van der Waals surface area contributed by atoms with Crippen molar-refractivity contribution >= 4 is 45.1 Å². The molecule has 114 valence electrons. The SMILES string of the molecule is O=C(OS(=O)(=O)O)C(=S)c1ccc(-c2ccc(Cl)cc2)cc1. The van der Waals surface area contributed by atoms with E-state index in [4.69, 9.17) is 28.4 Å². The van der Waals surface area contributed by atoms with Crippen LogP contribution in [0.2, 0.25) is 5.02 Å². The molecule has 0 atom stereocenters. The summed E-state index contributed by atoms with van der Waals surface area (Å²) in [4.78, 5) is 11.1. The first-order valence-corrected chi connectivity index (χ1v) is 8.03. The predicted molar refractivity (Wildman–Crippen MR) is 86.2 cm³/mol. The maximum Gasteiger partial charge on any atom is 0.449 e. The van der Waals surface area contributed by atoms with Gasteiger partial charge in [-0.1, -0.05) is 60.2 Å². The molecule has 2 aromatic carbocycles. The Morgan fingerprint density at radius 2 is 1.45 bits per heavy atom. The summed E-state index contributed by atoms with van der Waals surface area (Å²) in [5.74, 6) is -1.31. The molecule has 0 aromatic heterocycles. The summed E-state index contributed by atoms with van der Waals surface area (Å²) in [6, 6.07) is 13.7. The monoisotopic (exact) mass is 356 g/mol. The van der Waals surface area contributed by atoms with Gasteiger partial charge in [-0.05, 0) is 28.8 Å². The lowest BCUT2D eigenvalue weighted by Gasteiger charge is -2.05. The highest BCUT2D eigenvalue weighted by Crippen LogP contribution is 2.22. The van der Waals surface area contributed by atoms with Crippen LogP contribution in [-0.2, 0) is 19.4 Å². The van der Waals surface area contributed by atoms with Crippen LogP contribution in [-0.4, -0.2) is 23.8 Å². The van der Waals surface area contributed by atoms with Crippen LogP contribution in [0.3, 0.4) is 0 Å². The van der Waals surface area contributed by atoms with Crippen LogP contribution in [0.4, 0.5) is 0 Å². The Kier molecular flexibility index (Phi) is 4.92. The van der Waals surface area contributed by atoms with Gasteiger partial charge >= 0.3 is 16.4 Å². The van der Waals surface area contributed by atoms with E-state index in [1.807, 2.05) is 12.1 Å². The largest absolute Gasteiger partial charge is 0.449 e. The smallest absolute Gasteiger partial charge is 0.319 e. The van der Waals surface area contributed by atoms with Crippen LogP contribution in [0.1, 0.15) is 5.56 Å². The molecule has 0 aliphatic carbocycles. The highest BCUT2D eigenvalue weighted by atomic mass is 35.5. The van der Waals surface area contributed by atoms with Gasteiger partial charge in [-0.15, -0.1) is 0 Å². The summed E-state index contributed by atoms with van der Waals surface area (Å²) >= 11 is 10.6. The van der Waals surface area contributed by atoms with Gasteiger partial charge in [0, 0.05) is 5.02 Å². The molecule has 2 aromatic rings. The second kappa shape index (κ2) is 6.53. The van der Waals surface area contributed by atoms with E-state index in [1.165, 1.54) is 0 Å². The van der Waals surface area contributed by atoms with E-state index in [0.717, 1.165) is 11.1 Å². The van der Waals surface area contributed by atoms with Gasteiger partial charge in [0.25, 0.3) is 0 Å². The lowest BCUT2D eigenvalue weighted by atomic mass is 10.0. The van der Waals surface area contributed by atoms with Gasteiger partial charge in [-0.3, -0.25) is 4.55 Å². The average Bonchev–Trinajstić information content (AvgIpc) is 2.46. The number of thiocarbonyl (C=S) groups is 1. The van der Waals surface area contributed by atoms with Gasteiger partial charge < -0.3 is 4.18 Å². The van der Waals surface area contributed by atoms with Crippen LogP contribution in [0, 0.1) is 0 Å². The van der Waals surface area contributed by atoms with Crippen molar-refractivity contribution in [3.05, 3.63) is 59.1 Å². The first kappa shape index (κ1) is 16.6. The van der Waals surface area contributed by atoms with Gasteiger partial charge in [-0.2, -0.15) is 8.42 Å². The first-order chi connectivity index (χ1) is 10.3. The third-order valence-corrected chi connectivity index (χ3v) is 3.71. The Bertz CT molecular complexity index is 811. The number of halogens is 1. The molecule has 0 saturated heterocycles. The minimum Gasteiger partial charge on any atom is -0.319 e. The van der Waals surface area contributed by atoms with Gasteiger partial charge in [0.2, 0.25) is 0 Å². The van der Waals surface area contributed by atoms with E-state index < -0.39 is 16.4 Å². The van der Waals surface area contributed by atoms with Crippen molar-refractivity contribution in [2.75, 3.05) is 0 Å². The molecule has 1 N–H and O–H groups in total. The Balaban J connectivity index is 2.20. The van der Waals surface area contributed by atoms with Crippen LogP contribution < -0.4 is 0 Å². The number of hydrogen-bond acceptors (Lipinski definition) is 5. The minimum atomic E-state index is -4.88. The molecule has 2 rings (SSSR count).